The Labute approximate surface area is 146 Å². The molecular formula is C19H22N2O4. The molecule has 0 saturated heterocycles. The van der Waals surface area contributed by atoms with Gasteiger partial charge in [-0.1, -0.05) is 12.8 Å². The van der Waals surface area contributed by atoms with E-state index >= 15 is 0 Å². The van der Waals surface area contributed by atoms with E-state index in [1.54, 1.807) is 29.2 Å². The third-order valence-electron chi connectivity index (χ3n) is 4.95. The van der Waals surface area contributed by atoms with E-state index in [4.69, 9.17) is 8.83 Å². The van der Waals surface area contributed by atoms with Gasteiger partial charge in [-0.3, -0.25) is 9.59 Å². The molecule has 2 aliphatic carbocycles. The van der Waals surface area contributed by atoms with Crippen molar-refractivity contribution in [3.05, 3.63) is 48.3 Å². The molecule has 0 aliphatic heterocycles. The van der Waals surface area contributed by atoms with Crippen molar-refractivity contribution < 1.29 is 18.4 Å². The van der Waals surface area contributed by atoms with Crippen LogP contribution in [0.1, 0.15) is 60.9 Å². The van der Waals surface area contributed by atoms with Crippen LogP contribution in [0.3, 0.4) is 0 Å². The van der Waals surface area contributed by atoms with Gasteiger partial charge in [0.2, 0.25) is 0 Å². The maximum Gasteiger partial charge on any atom is 0.290 e. The normalized spacial score (nSPS) is 18.9. The van der Waals surface area contributed by atoms with E-state index in [-0.39, 0.29) is 29.7 Å². The molecular weight excluding hydrogens is 320 g/mol. The minimum Gasteiger partial charge on any atom is -0.467 e. The van der Waals surface area contributed by atoms with Crippen LogP contribution in [0.4, 0.5) is 0 Å². The summed E-state index contributed by atoms with van der Waals surface area (Å²) in [7, 11) is 0. The maximum absolute atomic E-state index is 13.0. The summed E-state index contributed by atoms with van der Waals surface area (Å²) >= 11 is 0. The monoisotopic (exact) mass is 342 g/mol. The fourth-order valence-electron chi connectivity index (χ4n) is 3.56. The van der Waals surface area contributed by atoms with Gasteiger partial charge in [0.1, 0.15) is 5.76 Å². The zero-order valence-electron chi connectivity index (χ0n) is 14.0. The van der Waals surface area contributed by atoms with Gasteiger partial charge in [0, 0.05) is 12.1 Å². The zero-order valence-corrected chi connectivity index (χ0v) is 14.0. The van der Waals surface area contributed by atoms with Crippen LogP contribution < -0.4 is 5.32 Å². The number of carbonyl (C=O) groups is 2. The van der Waals surface area contributed by atoms with Gasteiger partial charge < -0.3 is 19.1 Å². The van der Waals surface area contributed by atoms with Crippen molar-refractivity contribution in [3.63, 3.8) is 0 Å². The second-order valence-electron chi connectivity index (χ2n) is 6.83. The molecule has 2 aromatic rings. The number of nitrogens with zero attached hydrogens (tertiary/aromatic N) is 1. The minimum atomic E-state index is -0.763. The van der Waals surface area contributed by atoms with E-state index in [0.29, 0.717) is 5.76 Å². The Morgan fingerprint density at radius 2 is 1.76 bits per heavy atom. The molecule has 6 heteroatoms. The maximum atomic E-state index is 13.0. The van der Waals surface area contributed by atoms with Gasteiger partial charge in [-0.15, -0.1) is 0 Å². The lowest BCUT2D eigenvalue weighted by Gasteiger charge is -2.30. The highest BCUT2D eigenvalue weighted by molar-refractivity contribution is 5.96. The summed E-state index contributed by atoms with van der Waals surface area (Å²) in [6, 6.07) is 6.27. The molecule has 4 rings (SSSR count). The van der Waals surface area contributed by atoms with Gasteiger partial charge >= 0.3 is 0 Å². The lowest BCUT2D eigenvalue weighted by Crippen LogP contribution is -2.47. The standard InChI is InChI=1S/C19H22N2O4/c22-18(20-13-5-1-2-6-13)17(15-7-3-11-24-15)21(14-9-10-14)19(23)16-8-4-12-25-16/h3-4,7-8,11-14,17H,1-2,5-6,9-10H2,(H,20,22). The number of amides is 2. The van der Waals surface area contributed by atoms with E-state index in [2.05, 4.69) is 5.32 Å². The molecule has 1 atom stereocenters. The number of furan rings is 2. The molecule has 25 heavy (non-hydrogen) atoms. The Morgan fingerprint density at radius 1 is 1.04 bits per heavy atom. The molecule has 2 saturated carbocycles. The largest absolute Gasteiger partial charge is 0.467 e. The van der Waals surface area contributed by atoms with Gasteiger partial charge in [0.15, 0.2) is 11.8 Å². The molecule has 2 heterocycles. The summed E-state index contributed by atoms with van der Waals surface area (Å²) in [5.41, 5.74) is 0. The lowest BCUT2D eigenvalue weighted by atomic mass is 10.1. The Balaban J connectivity index is 1.63. The summed E-state index contributed by atoms with van der Waals surface area (Å²) in [6.07, 6.45) is 9.04. The van der Waals surface area contributed by atoms with E-state index in [1.165, 1.54) is 12.5 Å². The van der Waals surface area contributed by atoms with Crippen LogP contribution in [0.15, 0.2) is 45.6 Å². The summed E-state index contributed by atoms with van der Waals surface area (Å²) in [5, 5.41) is 3.11. The van der Waals surface area contributed by atoms with Crippen LogP contribution in [0.25, 0.3) is 0 Å². The first-order valence-electron chi connectivity index (χ1n) is 8.94. The van der Waals surface area contributed by atoms with Gasteiger partial charge in [0.25, 0.3) is 11.8 Å². The molecule has 2 amide bonds. The van der Waals surface area contributed by atoms with Gasteiger partial charge in [-0.25, -0.2) is 0 Å². The van der Waals surface area contributed by atoms with E-state index < -0.39 is 6.04 Å². The Hall–Kier alpha value is -2.50. The molecule has 0 aromatic carbocycles. The average Bonchev–Trinajstić information content (AvgIpc) is 3.10. The smallest absolute Gasteiger partial charge is 0.290 e. The summed E-state index contributed by atoms with van der Waals surface area (Å²) < 4.78 is 10.8. The SMILES string of the molecule is O=C(NC1CCCC1)C(c1ccco1)N(C(=O)c1ccco1)C1CC1. The van der Waals surface area contributed by atoms with Gasteiger partial charge in [-0.05, 0) is 49.9 Å². The molecule has 2 aliphatic rings. The highest BCUT2D eigenvalue weighted by Gasteiger charge is 2.44. The molecule has 132 valence electrons. The number of nitrogens with one attached hydrogen (secondary N) is 1. The Bertz CT molecular complexity index is 713. The molecule has 0 spiro atoms. The predicted molar refractivity (Wildman–Crippen MR) is 89.7 cm³/mol. The van der Waals surface area contributed by atoms with Crippen molar-refractivity contribution in [1.82, 2.24) is 10.2 Å². The van der Waals surface area contributed by atoms with Crippen LogP contribution in [-0.4, -0.2) is 28.8 Å². The number of rotatable bonds is 6. The van der Waals surface area contributed by atoms with Crippen molar-refractivity contribution in [2.24, 2.45) is 0 Å². The van der Waals surface area contributed by atoms with Crippen LogP contribution in [0.2, 0.25) is 0 Å². The van der Waals surface area contributed by atoms with E-state index in [9.17, 15) is 9.59 Å². The first kappa shape index (κ1) is 16.0. The van der Waals surface area contributed by atoms with Crippen molar-refractivity contribution >= 4 is 11.8 Å². The van der Waals surface area contributed by atoms with Crippen LogP contribution in [0, 0.1) is 0 Å². The van der Waals surface area contributed by atoms with Gasteiger partial charge in [-0.2, -0.15) is 0 Å². The fraction of sp³-hybridized carbons (Fsp3) is 0.474. The number of carbonyl (C=O) groups excluding carboxylic acids is 2. The fourth-order valence-corrected chi connectivity index (χ4v) is 3.56. The summed E-state index contributed by atoms with van der Waals surface area (Å²) in [5.74, 6) is 0.295. The second-order valence-corrected chi connectivity index (χ2v) is 6.83. The van der Waals surface area contributed by atoms with E-state index in [1.807, 2.05) is 0 Å². The third kappa shape index (κ3) is 3.34. The molecule has 2 fully saturated rings. The molecule has 0 bridgehead atoms. The average molecular weight is 342 g/mol. The number of hydrogen-bond acceptors (Lipinski definition) is 4. The lowest BCUT2D eigenvalue weighted by molar-refractivity contribution is -0.127. The summed E-state index contributed by atoms with van der Waals surface area (Å²) in [4.78, 5) is 27.7. The predicted octanol–water partition coefficient (Wildman–Crippen LogP) is 3.28. The molecule has 6 nitrogen and oxygen atoms in total. The Kier molecular flexibility index (Phi) is 4.34. The molecule has 1 N–H and O–H groups in total. The van der Waals surface area contributed by atoms with Crippen molar-refractivity contribution in [2.45, 2.75) is 56.7 Å². The van der Waals surface area contributed by atoms with E-state index in [0.717, 1.165) is 38.5 Å². The highest BCUT2D eigenvalue weighted by atomic mass is 16.3. The zero-order chi connectivity index (χ0) is 17.2. The third-order valence-corrected chi connectivity index (χ3v) is 4.95. The second kappa shape index (κ2) is 6.78. The van der Waals surface area contributed by atoms with Crippen LogP contribution in [0.5, 0.6) is 0 Å². The summed E-state index contributed by atoms with van der Waals surface area (Å²) in [6.45, 7) is 0. The van der Waals surface area contributed by atoms with Crippen molar-refractivity contribution in [1.29, 1.82) is 0 Å². The topological polar surface area (TPSA) is 75.7 Å². The van der Waals surface area contributed by atoms with Crippen LogP contribution in [-0.2, 0) is 4.79 Å². The molecule has 1 unspecified atom stereocenters. The first-order valence-corrected chi connectivity index (χ1v) is 8.94. The molecule has 0 radical (unpaired) electrons. The van der Waals surface area contributed by atoms with Gasteiger partial charge in [0.05, 0.1) is 12.5 Å². The first-order chi connectivity index (χ1) is 12.2. The quantitative estimate of drug-likeness (QED) is 0.874. The van der Waals surface area contributed by atoms with Crippen LogP contribution >= 0.6 is 0 Å². The Morgan fingerprint density at radius 3 is 2.36 bits per heavy atom. The van der Waals surface area contributed by atoms with Crippen molar-refractivity contribution in [3.8, 4) is 0 Å². The molecule has 2 aromatic heterocycles. The number of hydrogen-bond donors (Lipinski definition) is 1. The van der Waals surface area contributed by atoms with Crippen molar-refractivity contribution in [2.75, 3.05) is 0 Å². The highest BCUT2D eigenvalue weighted by Crippen LogP contribution is 2.36. The minimum absolute atomic E-state index is 0.0435.